The summed E-state index contributed by atoms with van der Waals surface area (Å²) in [6.45, 7) is 0. The van der Waals surface area contributed by atoms with Gasteiger partial charge in [0.1, 0.15) is 5.76 Å². The van der Waals surface area contributed by atoms with E-state index < -0.39 is 12.0 Å². The molecule has 0 aliphatic carbocycles. The first kappa shape index (κ1) is 13.9. The van der Waals surface area contributed by atoms with Gasteiger partial charge in [-0.2, -0.15) is 0 Å². The molecular formula is C11H13N5O4S. The van der Waals surface area contributed by atoms with Crippen LogP contribution in [0.25, 0.3) is 0 Å². The number of rotatable bonds is 4. The Morgan fingerprint density at radius 3 is 3.05 bits per heavy atom. The number of hydrogen-bond acceptors (Lipinski definition) is 8. The third kappa shape index (κ3) is 2.35. The van der Waals surface area contributed by atoms with Gasteiger partial charge in [0.15, 0.2) is 12.3 Å². The van der Waals surface area contributed by atoms with Crippen LogP contribution in [0, 0.1) is 0 Å². The van der Waals surface area contributed by atoms with Crippen LogP contribution in [0.3, 0.4) is 0 Å². The number of methoxy groups -OCH3 is 1. The van der Waals surface area contributed by atoms with Crippen molar-refractivity contribution in [1.29, 1.82) is 0 Å². The first-order valence-corrected chi connectivity index (χ1v) is 7.21. The van der Waals surface area contributed by atoms with Crippen LogP contribution in [-0.2, 0) is 26.1 Å². The number of fused-ring (bicyclic) bond motifs is 1. The minimum atomic E-state index is -0.778. The zero-order chi connectivity index (χ0) is 15.0. The van der Waals surface area contributed by atoms with Gasteiger partial charge in [-0.1, -0.05) is 11.8 Å². The first-order valence-electron chi connectivity index (χ1n) is 6.22. The van der Waals surface area contributed by atoms with E-state index in [1.54, 1.807) is 17.8 Å². The van der Waals surface area contributed by atoms with Crippen LogP contribution in [0.15, 0.2) is 17.0 Å². The number of nitrogens with zero attached hydrogens (tertiary/aromatic N) is 5. The number of amides is 1. The van der Waals surface area contributed by atoms with Crippen molar-refractivity contribution < 1.29 is 19.1 Å². The molecule has 3 heterocycles. The molecule has 0 aromatic carbocycles. The second kappa shape index (κ2) is 5.35. The monoisotopic (exact) mass is 311 g/mol. The Balaban J connectivity index is 1.71. The number of aryl methyl sites for hydroxylation is 1. The molecule has 1 aromatic heterocycles. The second-order valence-electron chi connectivity index (χ2n) is 4.51. The lowest BCUT2D eigenvalue weighted by molar-refractivity contribution is -0.164. The highest BCUT2D eigenvalue weighted by atomic mass is 32.2. The molecule has 3 rings (SSSR count). The van der Waals surface area contributed by atoms with Crippen molar-refractivity contribution in [2.45, 2.75) is 23.8 Å². The van der Waals surface area contributed by atoms with Gasteiger partial charge in [-0.25, -0.2) is 9.48 Å². The molecule has 21 heavy (non-hydrogen) atoms. The average molecular weight is 311 g/mol. The largest absolute Gasteiger partial charge is 0.472 e. The lowest BCUT2D eigenvalue weighted by Crippen LogP contribution is -2.55. The van der Waals surface area contributed by atoms with E-state index in [2.05, 4.69) is 15.5 Å². The predicted octanol–water partition coefficient (Wildman–Crippen LogP) is -0.684. The van der Waals surface area contributed by atoms with Gasteiger partial charge >= 0.3 is 5.97 Å². The Bertz CT molecular complexity index is 616. The van der Waals surface area contributed by atoms with E-state index in [9.17, 15) is 9.59 Å². The van der Waals surface area contributed by atoms with Crippen LogP contribution in [-0.4, -0.2) is 62.1 Å². The maximum absolute atomic E-state index is 11.8. The van der Waals surface area contributed by atoms with Crippen molar-refractivity contribution in [3.05, 3.63) is 11.8 Å². The number of hydrogen-bond donors (Lipinski definition) is 0. The highest BCUT2D eigenvalue weighted by molar-refractivity contribution is 7.99. The Morgan fingerprint density at radius 1 is 1.62 bits per heavy atom. The summed E-state index contributed by atoms with van der Waals surface area (Å²) in [5.41, 5.74) is 0. The van der Waals surface area contributed by atoms with Crippen LogP contribution in [0.1, 0.15) is 6.42 Å². The number of β-lactam (4-membered cyclic amide) rings is 1. The summed E-state index contributed by atoms with van der Waals surface area (Å²) in [5, 5.41) is 11.8. The number of carbonyl (C=O) groups is 2. The number of esters is 1. The Morgan fingerprint density at radius 2 is 2.43 bits per heavy atom. The summed E-state index contributed by atoms with van der Waals surface area (Å²) in [6.07, 6.45) is 1.70. The van der Waals surface area contributed by atoms with E-state index in [1.807, 2.05) is 0 Å². The van der Waals surface area contributed by atoms with Crippen molar-refractivity contribution in [3.63, 3.8) is 0 Å². The Hall–Kier alpha value is -2.10. The molecule has 1 amide bonds. The zero-order valence-electron chi connectivity index (χ0n) is 11.4. The molecule has 0 saturated carbocycles. The number of ether oxygens (including phenoxy) is 2. The highest BCUT2D eigenvalue weighted by Gasteiger charge is 2.54. The lowest BCUT2D eigenvalue weighted by atomic mass is 10.1. The quantitative estimate of drug-likeness (QED) is 0.409. The van der Waals surface area contributed by atoms with Gasteiger partial charge in [-0.3, -0.25) is 9.69 Å². The number of tetrazole rings is 1. The molecule has 0 spiro atoms. The third-order valence-electron chi connectivity index (χ3n) is 3.27. The average Bonchev–Trinajstić information content (AvgIpc) is 2.99. The molecule has 0 radical (unpaired) electrons. The van der Waals surface area contributed by atoms with Crippen molar-refractivity contribution in [2.24, 2.45) is 7.05 Å². The van der Waals surface area contributed by atoms with Crippen LogP contribution in [0.4, 0.5) is 0 Å². The molecular weight excluding hydrogens is 298 g/mol. The van der Waals surface area contributed by atoms with Crippen LogP contribution >= 0.6 is 11.8 Å². The molecule has 0 N–H and O–H groups in total. The number of aromatic nitrogens is 4. The van der Waals surface area contributed by atoms with Crippen LogP contribution < -0.4 is 0 Å². The Labute approximate surface area is 124 Å². The van der Waals surface area contributed by atoms with Crippen molar-refractivity contribution in [1.82, 2.24) is 25.1 Å². The fourth-order valence-electron chi connectivity index (χ4n) is 2.21. The second-order valence-corrected chi connectivity index (χ2v) is 5.49. The smallest absolute Gasteiger partial charge is 0.336 e. The molecule has 2 atom stereocenters. The molecule has 112 valence electrons. The maximum atomic E-state index is 11.8. The SMILES string of the molecule is COC(=O)C1C(=CCSc2nnnn2C)OC2CC(=O)N21. The van der Waals surface area contributed by atoms with Crippen molar-refractivity contribution >= 4 is 23.6 Å². The van der Waals surface area contributed by atoms with Gasteiger partial charge in [0.25, 0.3) is 0 Å². The van der Waals surface area contributed by atoms with Gasteiger partial charge in [-0.05, 0) is 16.5 Å². The van der Waals surface area contributed by atoms with Gasteiger partial charge in [0, 0.05) is 12.8 Å². The third-order valence-corrected chi connectivity index (χ3v) is 4.21. The molecule has 0 bridgehead atoms. The molecule has 2 saturated heterocycles. The first-order chi connectivity index (χ1) is 10.1. The number of carbonyl (C=O) groups excluding carboxylic acids is 2. The molecule has 2 unspecified atom stereocenters. The predicted molar refractivity (Wildman–Crippen MR) is 69.7 cm³/mol. The van der Waals surface area contributed by atoms with Gasteiger partial charge < -0.3 is 9.47 Å². The highest BCUT2D eigenvalue weighted by Crippen LogP contribution is 2.37. The van der Waals surface area contributed by atoms with Crippen LogP contribution in [0.2, 0.25) is 0 Å². The summed E-state index contributed by atoms with van der Waals surface area (Å²) in [7, 11) is 3.03. The summed E-state index contributed by atoms with van der Waals surface area (Å²) in [4.78, 5) is 24.8. The van der Waals surface area contributed by atoms with Gasteiger partial charge in [0.05, 0.1) is 13.5 Å². The van der Waals surface area contributed by atoms with E-state index in [4.69, 9.17) is 9.47 Å². The lowest BCUT2D eigenvalue weighted by Gasteiger charge is -2.33. The molecule has 9 nitrogen and oxygen atoms in total. The zero-order valence-corrected chi connectivity index (χ0v) is 12.2. The van der Waals surface area contributed by atoms with E-state index >= 15 is 0 Å². The van der Waals surface area contributed by atoms with Gasteiger partial charge in [-0.15, -0.1) is 5.10 Å². The summed E-state index contributed by atoms with van der Waals surface area (Å²) >= 11 is 1.40. The fourth-order valence-corrected chi connectivity index (χ4v) is 2.93. The summed E-state index contributed by atoms with van der Waals surface area (Å²) in [5.74, 6) is 0.359. The minimum Gasteiger partial charge on any atom is -0.472 e. The fraction of sp³-hybridized carbons (Fsp3) is 0.545. The molecule has 2 fully saturated rings. The van der Waals surface area contributed by atoms with E-state index in [-0.39, 0.29) is 12.1 Å². The topological polar surface area (TPSA) is 99.4 Å². The Kier molecular flexibility index (Phi) is 3.53. The molecule has 2 aliphatic heterocycles. The molecule has 10 heteroatoms. The van der Waals surface area contributed by atoms with Crippen LogP contribution in [0.5, 0.6) is 0 Å². The van der Waals surface area contributed by atoms with E-state index in [1.165, 1.54) is 23.8 Å². The minimum absolute atomic E-state index is 0.107. The van der Waals surface area contributed by atoms with Gasteiger partial charge in [0.2, 0.25) is 11.1 Å². The standard InChI is InChI=1S/C11H13N5O4S/c1-15-11(12-13-14-15)21-4-3-6-9(10(18)19-2)16-7(17)5-8(16)20-6/h3,8-9H,4-5H2,1-2H3. The van der Waals surface area contributed by atoms with Crippen molar-refractivity contribution in [3.8, 4) is 0 Å². The van der Waals surface area contributed by atoms with E-state index in [0.29, 0.717) is 23.1 Å². The maximum Gasteiger partial charge on any atom is 0.336 e. The van der Waals surface area contributed by atoms with E-state index in [0.717, 1.165) is 0 Å². The normalized spacial score (nSPS) is 25.5. The summed E-state index contributed by atoms with van der Waals surface area (Å²) in [6, 6.07) is -0.778. The summed E-state index contributed by atoms with van der Waals surface area (Å²) < 4.78 is 11.9. The van der Waals surface area contributed by atoms with Crippen molar-refractivity contribution in [2.75, 3.05) is 12.9 Å². The molecule has 2 aliphatic rings. The number of thioether (sulfide) groups is 1. The molecule has 1 aromatic rings.